The molecular formula is C20H30N4O2. The Labute approximate surface area is 156 Å². The van der Waals surface area contributed by atoms with Gasteiger partial charge in [-0.1, -0.05) is 43.2 Å². The zero-order valence-electron chi connectivity index (χ0n) is 15.5. The van der Waals surface area contributed by atoms with E-state index in [1.165, 1.54) is 12.8 Å². The Morgan fingerprint density at radius 3 is 2.31 bits per heavy atom. The van der Waals surface area contributed by atoms with Gasteiger partial charge >= 0.3 is 0 Å². The van der Waals surface area contributed by atoms with Gasteiger partial charge in [0, 0.05) is 26.2 Å². The Balaban J connectivity index is 1.72. The summed E-state index contributed by atoms with van der Waals surface area (Å²) in [4.78, 5) is 21.8. The topological polar surface area (TPSA) is 71.2 Å². The highest BCUT2D eigenvalue weighted by Crippen LogP contribution is 2.20. The van der Waals surface area contributed by atoms with Crippen LogP contribution in [0.1, 0.15) is 37.2 Å². The molecule has 1 amide bonds. The molecule has 2 fully saturated rings. The molecule has 1 unspecified atom stereocenters. The van der Waals surface area contributed by atoms with Crippen LogP contribution in [-0.4, -0.2) is 67.6 Å². The molecule has 6 nitrogen and oxygen atoms in total. The zero-order chi connectivity index (χ0) is 18.2. The molecule has 1 atom stereocenters. The minimum Gasteiger partial charge on any atom is -0.378 e. The fourth-order valence-electron chi connectivity index (χ4n) is 3.60. The first-order chi connectivity index (χ1) is 12.8. The minimum absolute atomic E-state index is 0.118. The summed E-state index contributed by atoms with van der Waals surface area (Å²) in [5, 5.41) is 0. The van der Waals surface area contributed by atoms with Gasteiger partial charge in [-0.05, 0) is 18.4 Å². The lowest BCUT2D eigenvalue weighted by Gasteiger charge is -2.30. The third-order valence-electron chi connectivity index (χ3n) is 5.19. The summed E-state index contributed by atoms with van der Waals surface area (Å²) < 4.78 is 5.38. The Kier molecular flexibility index (Phi) is 6.89. The average molecular weight is 358 g/mol. The quantitative estimate of drug-likeness (QED) is 0.658. The summed E-state index contributed by atoms with van der Waals surface area (Å²) in [5.41, 5.74) is 7.25. The monoisotopic (exact) mass is 358 g/mol. The Bertz CT molecular complexity index is 591. The van der Waals surface area contributed by atoms with Crippen LogP contribution >= 0.6 is 0 Å². The summed E-state index contributed by atoms with van der Waals surface area (Å²) in [5.74, 6) is 0.398. The molecule has 26 heavy (non-hydrogen) atoms. The van der Waals surface area contributed by atoms with E-state index in [4.69, 9.17) is 10.5 Å². The van der Waals surface area contributed by atoms with Crippen LogP contribution in [0.5, 0.6) is 0 Å². The van der Waals surface area contributed by atoms with E-state index in [0.717, 1.165) is 31.5 Å². The van der Waals surface area contributed by atoms with Crippen molar-refractivity contribution in [3.05, 3.63) is 35.9 Å². The molecule has 0 radical (unpaired) electrons. The van der Waals surface area contributed by atoms with Crippen molar-refractivity contribution >= 4 is 11.9 Å². The molecule has 0 aliphatic carbocycles. The number of benzene rings is 1. The number of hydrogen-bond donors (Lipinski definition) is 1. The average Bonchev–Trinajstić information content (AvgIpc) is 2.99. The smallest absolute Gasteiger partial charge is 0.232 e. The van der Waals surface area contributed by atoms with Gasteiger partial charge in [-0.3, -0.25) is 9.79 Å². The fraction of sp³-hybridized carbons (Fsp3) is 0.600. The van der Waals surface area contributed by atoms with Crippen LogP contribution in [-0.2, 0) is 9.53 Å². The van der Waals surface area contributed by atoms with E-state index in [0.29, 0.717) is 38.8 Å². The molecule has 0 spiro atoms. The van der Waals surface area contributed by atoms with Crippen LogP contribution in [0.4, 0.5) is 0 Å². The lowest BCUT2D eigenvalue weighted by atomic mass is 9.97. The van der Waals surface area contributed by atoms with Crippen molar-refractivity contribution in [2.45, 2.75) is 31.6 Å². The molecule has 6 heteroatoms. The predicted octanol–water partition coefficient (Wildman–Crippen LogP) is 1.82. The number of likely N-dealkylation sites (tertiary alicyclic amines) is 1. The number of rotatable bonds is 4. The molecule has 0 bridgehead atoms. The number of amides is 1. The van der Waals surface area contributed by atoms with E-state index in [9.17, 15) is 4.79 Å². The lowest BCUT2D eigenvalue weighted by Crippen LogP contribution is -2.44. The number of morpholine rings is 1. The van der Waals surface area contributed by atoms with Crippen molar-refractivity contribution in [1.82, 2.24) is 9.80 Å². The van der Waals surface area contributed by atoms with Crippen molar-refractivity contribution in [3.8, 4) is 0 Å². The van der Waals surface area contributed by atoms with Crippen LogP contribution in [0.25, 0.3) is 0 Å². The molecule has 1 aromatic carbocycles. The number of ether oxygens (including phenoxy) is 1. The van der Waals surface area contributed by atoms with Crippen LogP contribution in [0, 0.1) is 0 Å². The van der Waals surface area contributed by atoms with Crippen molar-refractivity contribution < 1.29 is 9.53 Å². The zero-order valence-corrected chi connectivity index (χ0v) is 15.5. The SMILES string of the molecule is NC(=NCC(C(=O)N1CCOCC1)c1ccccc1)N1CCCCCC1. The second-order valence-electron chi connectivity index (χ2n) is 7.00. The number of hydrogen-bond acceptors (Lipinski definition) is 3. The molecule has 2 aliphatic heterocycles. The second kappa shape index (κ2) is 9.57. The maximum Gasteiger partial charge on any atom is 0.232 e. The number of guanidine groups is 1. The van der Waals surface area contributed by atoms with Gasteiger partial charge in [-0.2, -0.15) is 0 Å². The highest BCUT2D eigenvalue weighted by molar-refractivity contribution is 5.85. The van der Waals surface area contributed by atoms with E-state index < -0.39 is 0 Å². The highest BCUT2D eigenvalue weighted by Gasteiger charge is 2.27. The van der Waals surface area contributed by atoms with Gasteiger partial charge in [0.1, 0.15) is 0 Å². The van der Waals surface area contributed by atoms with E-state index in [1.54, 1.807) is 0 Å². The maximum atomic E-state index is 13.1. The van der Waals surface area contributed by atoms with Gasteiger partial charge in [-0.25, -0.2) is 0 Å². The van der Waals surface area contributed by atoms with Crippen molar-refractivity contribution in [3.63, 3.8) is 0 Å². The Hall–Kier alpha value is -2.08. The summed E-state index contributed by atoms with van der Waals surface area (Å²) >= 11 is 0. The first kappa shape index (κ1) is 18.7. The molecule has 2 saturated heterocycles. The molecule has 0 aromatic heterocycles. The normalized spacial score (nSPS) is 20.5. The number of nitrogens with zero attached hydrogens (tertiary/aromatic N) is 3. The third kappa shape index (κ3) is 4.97. The second-order valence-corrected chi connectivity index (χ2v) is 7.00. The van der Waals surface area contributed by atoms with Crippen molar-refractivity contribution in [2.24, 2.45) is 10.7 Å². The van der Waals surface area contributed by atoms with Crippen LogP contribution in [0.3, 0.4) is 0 Å². The van der Waals surface area contributed by atoms with Gasteiger partial charge in [0.2, 0.25) is 5.91 Å². The molecule has 1 aromatic rings. The molecule has 2 N–H and O–H groups in total. The number of aliphatic imine (C=N–C) groups is 1. The van der Waals surface area contributed by atoms with E-state index in [-0.39, 0.29) is 11.8 Å². The Morgan fingerprint density at radius 1 is 1.00 bits per heavy atom. The molecule has 3 rings (SSSR count). The van der Waals surface area contributed by atoms with E-state index in [2.05, 4.69) is 9.89 Å². The first-order valence-electron chi connectivity index (χ1n) is 9.72. The minimum atomic E-state index is -0.292. The third-order valence-corrected chi connectivity index (χ3v) is 5.19. The number of carbonyl (C=O) groups excluding carboxylic acids is 1. The largest absolute Gasteiger partial charge is 0.378 e. The maximum absolute atomic E-state index is 13.1. The van der Waals surface area contributed by atoms with Gasteiger partial charge < -0.3 is 20.3 Å². The summed E-state index contributed by atoms with van der Waals surface area (Å²) in [6.45, 7) is 4.81. The Morgan fingerprint density at radius 2 is 1.65 bits per heavy atom. The van der Waals surface area contributed by atoms with Crippen LogP contribution in [0.15, 0.2) is 35.3 Å². The standard InChI is InChI=1S/C20H30N4O2/c21-20(24-10-6-1-2-7-11-24)22-16-18(17-8-4-3-5-9-17)19(25)23-12-14-26-15-13-23/h3-5,8-9,18H,1-2,6-7,10-16H2,(H2,21,22). The number of nitrogens with two attached hydrogens (primary N) is 1. The van der Waals surface area contributed by atoms with Gasteiger partial charge in [0.25, 0.3) is 0 Å². The first-order valence-corrected chi connectivity index (χ1v) is 9.72. The van der Waals surface area contributed by atoms with Crippen LogP contribution in [0.2, 0.25) is 0 Å². The lowest BCUT2D eigenvalue weighted by molar-refractivity contribution is -0.136. The molecule has 2 aliphatic rings. The molecule has 0 saturated carbocycles. The van der Waals surface area contributed by atoms with Gasteiger partial charge in [0.05, 0.1) is 25.7 Å². The van der Waals surface area contributed by atoms with Crippen LogP contribution < -0.4 is 5.73 Å². The number of carbonyl (C=O) groups is 1. The van der Waals surface area contributed by atoms with Crippen molar-refractivity contribution in [2.75, 3.05) is 45.9 Å². The van der Waals surface area contributed by atoms with E-state index in [1.807, 2.05) is 35.2 Å². The molecular weight excluding hydrogens is 328 g/mol. The molecule has 142 valence electrons. The highest BCUT2D eigenvalue weighted by atomic mass is 16.5. The van der Waals surface area contributed by atoms with Gasteiger partial charge in [0.15, 0.2) is 5.96 Å². The predicted molar refractivity (Wildman–Crippen MR) is 103 cm³/mol. The molecule has 2 heterocycles. The van der Waals surface area contributed by atoms with E-state index >= 15 is 0 Å². The summed E-state index contributed by atoms with van der Waals surface area (Å²) in [7, 11) is 0. The fourth-order valence-corrected chi connectivity index (χ4v) is 3.60. The summed E-state index contributed by atoms with van der Waals surface area (Å²) in [6, 6.07) is 9.91. The summed E-state index contributed by atoms with van der Waals surface area (Å²) in [6.07, 6.45) is 4.83. The van der Waals surface area contributed by atoms with Crippen molar-refractivity contribution in [1.29, 1.82) is 0 Å². The van der Waals surface area contributed by atoms with Gasteiger partial charge in [-0.15, -0.1) is 0 Å².